The first-order valence-electron chi connectivity index (χ1n) is 21.1. The van der Waals surface area contributed by atoms with Crippen LogP contribution in [0.2, 0.25) is 0 Å². The van der Waals surface area contributed by atoms with Crippen LogP contribution >= 0.6 is 15.8 Å². The summed E-state index contributed by atoms with van der Waals surface area (Å²) in [5.41, 5.74) is 17.1. The van der Waals surface area contributed by atoms with E-state index < -0.39 is 15.8 Å². The van der Waals surface area contributed by atoms with E-state index in [4.69, 9.17) is 11.5 Å². The number of hydrogen-bond acceptors (Lipinski definition) is 2. The SMILES string of the molecule is N[C@H](c1ccccc1)[C@H](N)c1ccccc1.[Cl-].[Cl-].[Ru+6].c1ccc(P(c2ccccc2)c2ccc3ccccc3c2-c2c(P(c3ccccc3)c3ccccc3)ccc3ccccc23)cc1. The van der Waals surface area contributed by atoms with Crippen LogP contribution in [0.15, 0.2) is 255 Å². The summed E-state index contributed by atoms with van der Waals surface area (Å²) in [6, 6.07) is 91.4. The van der Waals surface area contributed by atoms with Crippen LogP contribution in [-0.4, -0.2) is 0 Å². The van der Waals surface area contributed by atoms with Gasteiger partial charge in [-0.3, -0.25) is 0 Å². The molecular weight excluding hydrogens is 959 g/mol. The molecule has 10 rings (SSSR count). The molecule has 0 amide bonds. The van der Waals surface area contributed by atoms with Crippen LogP contribution in [0.5, 0.6) is 0 Å². The van der Waals surface area contributed by atoms with Gasteiger partial charge in [0.1, 0.15) is 0 Å². The van der Waals surface area contributed by atoms with Crippen LogP contribution in [0.1, 0.15) is 23.2 Å². The summed E-state index contributed by atoms with van der Waals surface area (Å²) in [6.45, 7) is 0. The third-order valence-electron chi connectivity index (χ3n) is 11.4. The van der Waals surface area contributed by atoms with E-state index in [1.165, 1.54) is 64.5 Å². The predicted octanol–water partition coefficient (Wildman–Crippen LogP) is 5.57. The monoisotopic (exact) mass is 1010 g/mol. The molecule has 0 saturated heterocycles. The van der Waals surface area contributed by atoms with Crippen LogP contribution in [0.3, 0.4) is 0 Å². The molecular formula is C58H48Cl2N2P2Ru+4. The molecule has 65 heavy (non-hydrogen) atoms. The van der Waals surface area contributed by atoms with Crippen molar-refractivity contribution in [3.63, 3.8) is 0 Å². The second-order valence-corrected chi connectivity index (χ2v) is 19.6. The van der Waals surface area contributed by atoms with Crippen molar-refractivity contribution in [1.82, 2.24) is 0 Å². The van der Waals surface area contributed by atoms with E-state index in [0.717, 1.165) is 11.1 Å². The predicted molar refractivity (Wildman–Crippen MR) is 271 cm³/mol. The Bertz CT molecular complexity index is 2720. The maximum Gasteiger partial charge on any atom is 6.00 e. The third-order valence-corrected chi connectivity index (χ3v) is 16.3. The molecule has 0 saturated carbocycles. The number of rotatable bonds is 10. The van der Waals surface area contributed by atoms with E-state index in [0.29, 0.717) is 0 Å². The molecule has 10 aromatic rings. The van der Waals surface area contributed by atoms with Gasteiger partial charge in [-0.2, -0.15) is 0 Å². The van der Waals surface area contributed by atoms with Crippen LogP contribution in [-0.2, 0) is 19.5 Å². The first-order chi connectivity index (χ1) is 30.7. The van der Waals surface area contributed by atoms with E-state index in [-0.39, 0.29) is 56.4 Å². The minimum atomic E-state index is -0.852. The summed E-state index contributed by atoms with van der Waals surface area (Å²) in [5.74, 6) is 0. The van der Waals surface area contributed by atoms with Gasteiger partial charge in [-0.1, -0.05) is 255 Å². The van der Waals surface area contributed by atoms with Crippen molar-refractivity contribution >= 4 is 69.2 Å². The molecule has 0 aliphatic carbocycles. The Morgan fingerprint density at radius 3 is 0.815 bits per heavy atom. The Morgan fingerprint density at radius 1 is 0.277 bits per heavy atom. The van der Waals surface area contributed by atoms with Gasteiger partial charge in [-0.05, 0) is 91.5 Å². The normalized spacial score (nSPS) is 11.6. The Balaban J connectivity index is 0.000000314. The van der Waals surface area contributed by atoms with E-state index >= 15 is 0 Å². The number of benzene rings is 10. The molecule has 0 aliphatic rings. The van der Waals surface area contributed by atoms with Gasteiger partial charge in [-0.25, -0.2) is 0 Å². The summed E-state index contributed by atoms with van der Waals surface area (Å²) in [7, 11) is -1.70. The number of hydrogen-bond donors (Lipinski definition) is 2. The number of nitrogens with two attached hydrogens (primary N) is 2. The molecule has 2 atom stereocenters. The minimum absolute atomic E-state index is 0. The van der Waals surface area contributed by atoms with Gasteiger partial charge >= 0.3 is 19.5 Å². The second-order valence-electron chi connectivity index (χ2n) is 15.2. The molecule has 0 bridgehead atoms. The van der Waals surface area contributed by atoms with Gasteiger partial charge in [0, 0.05) is 12.1 Å². The van der Waals surface area contributed by atoms with Crippen molar-refractivity contribution in [2.75, 3.05) is 0 Å². The van der Waals surface area contributed by atoms with Gasteiger partial charge in [0.15, 0.2) is 0 Å². The fourth-order valence-electron chi connectivity index (χ4n) is 8.35. The number of fused-ring (bicyclic) bond motifs is 2. The van der Waals surface area contributed by atoms with Crippen LogP contribution in [0, 0.1) is 0 Å². The van der Waals surface area contributed by atoms with Crippen LogP contribution in [0.25, 0.3) is 32.7 Å². The van der Waals surface area contributed by atoms with Crippen molar-refractivity contribution in [3.05, 3.63) is 266 Å². The fraction of sp³-hybridized carbons (Fsp3) is 0.0345. The molecule has 0 aromatic heterocycles. The van der Waals surface area contributed by atoms with E-state index in [9.17, 15) is 0 Å². The topological polar surface area (TPSA) is 52.0 Å². The van der Waals surface area contributed by atoms with Gasteiger partial charge in [-0.15, -0.1) is 0 Å². The van der Waals surface area contributed by atoms with E-state index in [2.05, 4.69) is 194 Å². The minimum Gasteiger partial charge on any atom is -1.00 e. The van der Waals surface area contributed by atoms with Crippen molar-refractivity contribution in [2.24, 2.45) is 11.5 Å². The molecule has 10 aromatic carbocycles. The van der Waals surface area contributed by atoms with Crippen LogP contribution in [0.4, 0.5) is 0 Å². The standard InChI is InChI=1S/C44H32P2.C14H16N2.2ClH.Ru/c1-5-19-35(20-6-1)45(36-21-7-2-8-22-36)41-31-29-33-17-13-15-27-39(33)43(41)44-40-28-16-14-18-34(40)30-32-42(44)46(37-23-9-3-10-24-37)38-25-11-4-12-26-38;15-13(11-7-3-1-4-8-11)14(16)12-9-5-2-6-10-12;;;/h1-32H;1-10,13-14H,15-16H2;2*1H;/q;;;;+6/p-2/t;13-,14-;;;/m.1.../s1. The van der Waals surface area contributed by atoms with E-state index in [1.54, 1.807) is 0 Å². The zero-order valence-corrected chi connectivity index (χ0v) is 40.6. The van der Waals surface area contributed by atoms with Crippen molar-refractivity contribution < 1.29 is 44.3 Å². The summed E-state index contributed by atoms with van der Waals surface area (Å²) >= 11 is 0. The Morgan fingerprint density at radius 2 is 0.523 bits per heavy atom. The molecule has 2 nitrogen and oxygen atoms in total. The molecule has 0 unspecified atom stereocenters. The molecule has 0 aliphatic heterocycles. The third kappa shape index (κ3) is 11.0. The summed E-state index contributed by atoms with van der Waals surface area (Å²) < 4.78 is 0. The molecule has 0 radical (unpaired) electrons. The average molecular weight is 1010 g/mol. The molecule has 4 N–H and O–H groups in total. The first-order valence-corrected chi connectivity index (χ1v) is 23.8. The molecule has 318 valence electrons. The maximum absolute atomic E-state index is 6.15. The average Bonchev–Trinajstić information content (AvgIpc) is 3.36. The van der Waals surface area contributed by atoms with Crippen molar-refractivity contribution in [2.45, 2.75) is 12.1 Å². The summed E-state index contributed by atoms with van der Waals surface area (Å²) in [6.07, 6.45) is 0. The van der Waals surface area contributed by atoms with Crippen molar-refractivity contribution in [1.29, 1.82) is 0 Å². The number of halogens is 2. The largest absolute Gasteiger partial charge is 6.00 e. The Hall–Kier alpha value is -5.30. The van der Waals surface area contributed by atoms with Crippen molar-refractivity contribution in [3.8, 4) is 11.1 Å². The zero-order chi connectivity index (χ0) is 42.1. The smallest absolute Gasteiger partial charge is 1.00 e. The van der Waals surface area contributed by atoms with Gasteiger partial charge in [0.05, 0.1) is 0 Å². The van der Waals surface area contributed by atoms with Crippen LogP contribution < -0.4 is 68.1 Å². The second kappa shape index (κ2) is 23.8. The fourth-order valence-corrected chi connectivity index (χ4v) is 13.3. The summed E-state index contributed by atoms with van der Waals surface area (Å²) in [4.78, 5) is 0. The van der Waals surface area contributed by atoms with Gasteiger partial charge in [0.25, 0.3) is 0 Å². The summed E-state index contributed by atoms with van der Waals surface area (Å²) in [5, 5.41) is 13.3. The van der Waals surface area contributed by atoms with E-state index in [1.807, 2.05) is 60.7 Å². The molecule has 0 fully saturated rings. The Labute approximate surface area is 411 Å². The molecule has 0 spiro atoms. The van der Waals surface area contributed by atoms with Gasteiger partial charge in [0.2, 0.25) is 0 Å². The zero-order valence-electron chi connectivity index (χ0n) is 35.6. The first kappa shape index (κ1) is 49.1. The maximum atomic E-state index is 6.15. The molecule has 0 heterocycles. The Kier molecular flexibility index (Phi) is 18.0. The quantitative estimate of drug-likeness (QED) is 0.139. The molecule has 7 heteroatoms. The van der Waals surface area contributed by atoms with Gasteiger partial charge < -0.3 is 36.3 Å².